The third-order valence-electron chi connectivity index (χ3n) is 4.93. The summed E-state index contributed by atoms with van der Waals surface area (Å²) in [6, 6.07) is 6.14. The van der Waals surface area contributed by atoms with Gasteiger partial charge in [-0.2, -0.15) is 0 Å². The Balaban J connectivity index is 2.04. The van der Waals surface area contributed by atoms with Crippen molar-refractivity contribution < 1.29 is 14.6 Å². The first-order valence-corrected chi connectivity index (χ1v) is 7.09. The zero-order valence-corrected chi connectivity index (χ0v) is 11.3. The Labute approximate surface area is 113 Å². The highest BCUT2D eigenvalue weighted by molar-refractivity contribution is 5.83. The zero-order chi connectivity index (χ0) is 13.5. The van der Waals surface area contributed by atoms with Crippen molar-refractivity contribution in [3.05, 3.63) is 29.3 Å². The summed E-state index contributed by atoms with van der Waals surface area (Å²) in [6.45, 7) is 0. The van der Waals surface area contributed by atoms with Crippen LogP contribution in [0.1, 0.15) is 55.6 Å². The minimum atomic E-state index is -0.706. The highest BCUT2D eigenvalue weighted by atomic mass is 16.5. The largest absolute Gasteiger partial charge is 0.496 e. The molecule has 1 aromatic rings. The van der Waals surface area contributed by atoms with E-state index in [1.54, 1.807) is 7.11 Å². The molecule has 0 atom stereocenters. The molecule has 1 N–H and O–H groups in total. The molecule has 0 heterocycles. The first kappa shape index (κ1) is 12.5. The second-order valence-electron chi connectivity index (χ2n) is 5.83. The van der Waals surface area contributed by atoms with Crippen LogP contribution in [0.2, 0.25) is 0 Å². The SMILES string of the molecule is COc1ccc(C2CCC2)cc1C1(C(=O)O)CCC1. The van der Waals surface area contributed by atoms with E-state index in [4.69, 9.17) is 4.74 Å². The number of rotatable bonds is 4. The van der Waals surface area contributed by atoms with Crippen molar-refractivity contribution in [2.75, 3.05) is 7.11 Å². The zero-order valence-electron chi connectivity index (χ0n) is 11.3. The molecule has 0 aliphatic heterocycles. The van der Waals surface area contributed by atoms with E-state index < -0.39 is 11.4 Å². The van der Waals surface area contributed by atoms with E-state index in [9.17, 15) is 9.90 Å². The molecule has 0 spiro atoms. The average molecular weight is 260 g/mol. The molecule has 2 aliphatic carbocycles. The lowest BCUT2D eigenvalue weighted by Crippen LogP contribution is -2.42. The number of carboxylic acid groups (broad SMARTS) is 1. The van der Waals surface area contributed by atoms with Gasteiger partial charge in [0.2, 0.25) is 0 Å². The molecule has 2 saturated carbocycles. The molecule has 0 bridgehead atoms. The lowest BCUT2D eigenvalue weighted by atomic mass is 9.63. The van der Waals surface area contributed by atoms with Crippen LogP contribution in [-0.2, 0) is 10.2 Å². The first-order chi connectivity index (χ1) is 9.17. The van der Waals surface area contributed by atoms with Gasteiger partial charge in [-0.1, -0.05) is 25.0 Å². The first-order valence-electron chi connectivity index (χ1n) is 7.09. The Morgan fingerprint density at radius 2 is 2.05 bits per heavy atom. The van der Waals surface area contributed by atoms with Gasteiger partial charge in [-0.25, -0.2) is 0 Å². The number of aliphatic carboxylic acids is 1. The maximum Gasteiger partial charge on any atom is 0.314 e. The normalized spacial score (nSPS) is 21.3. The van der Waals surface area contributed by atoms with Gasteiger partial charge in [-0.15, -0.1) is 0 Å². The van der Waals surface area contributed by atoms with Crippen LogP contribution in [0.25, 0.3) is 0 Å². The minimum Gasteiger partial charge on any atom is -0.496 e. The molecule has 2 fully saturated rings. The summed E-state index contributed by atoms with van der Waals surface area (Å²) in [5.74, 6) is 0.642. The molecule has 0 unspecified atom stereocenters. The Bertz CT molecular complexity index is 499. The number of hydrogen-bond donors (Lipinski definition) is 1. The van der Waals surface area contributed by atoms with E-state index >= 15 is 0 Å². The van der Waals surface area contributed by atoms with E-state index in [1.807, 2.05) is 6.07 Å². The smallest absolute Gasteiger partial charge is 0.314 e. The molecule has 19 heavy (non-hydrogen) atoms. The summed E-state index contributed by atoms with van der Waals surface area (Å²) in [6.07, 6.45) is 6.19. The van der Waals surface area contributed by atoms with Crippen LogP contribution in [0.4, 0.5) is 0 Å². The van der Waals surface area contributed by atoms with E-state index in [0.717, 1.165) is 30.6 Å². The van der Waals surface area contributed by atoms with Gasteiger partial charge in [-0.3, -0.25) is 4.79 Å². The van der Waals surface area contributed by atoms with E-state index in [1.165, 1.54) is 24.8 Å². The summed E-state index contributed by atoms with van der Waals surface area (Å²) in [5, 5.41) is 9.60. The monoisotopic (exact) mass is 260 g/mol. The number of hydrogen-bond acceptors (Lipinski definition) is 2. The van der Waals surface area contributed by atoms with Gasteiger partial charge in [0.25, 0.3) is 0 Å². The third kappa shape index (κ3) is 1.83. The molecule has 0 saturated heterocycles. The molecule has 102 valence electrons. The fraction of sp³-hybridized carbons (Fsp3) is 0.562. The van der Waals surface area contributed by atoms with Crippen LogP contribution in [0.3, 0.4) is 0 Å². The van der Waals surface area contributed by atoms with Crippen LogP contribution in [0.15, 0.2) is 18.2 Å². The predicted molar refractivity (Wildman–Crippen MR) is 72.8 cm³/mol. The highest BCUT2D eigenvalue weighted by Crippen LogP contribution is 2.49. The molecular formula is C16H20O3. The summed E-state index contributed by atoms with van der Waals surface area (Å²) in [5.41, 5.74) is 1.47. The number of carboxylic acids is 1. The quantitative estimate of drug-likeness (QED) is 0.901. The van der Waals surface area contributed by atoms with Crippen molar-refractivity contribution in [1.29, 1.82) is 0 Å². The Morgan fingerprint density at radius 3 is 2.47 bits per heavy atom. The standard InChI is InChI=1S/C16H20O3/c1-19-14-7-6-12(11-4-2-5-11)10-13(14)16(15(17)18)8-3-9-16/h6-7,10-11H,2-5,8-9H2,1H3,(H,17,18). The number of methoxy groups -OCH3 is 1. The van der Waals surface area contributed by atoms with Crippen molar-refractivity contribution in [2.24, 2.45) is 0 Å². The predicted octanol–water partition coefficient (Wildman–Crippen LogP) is 3.47. The fourth-order valence-corrected chi connectivity index (χ4v) is 3.22. The summed E-state index contributed by atoms with van der Waals surface area (Å²) in [7, 11) is 1.62. The van der Waals surface area contributed by atoms with Crippen molar-refractivity contribution >= 4 is 5.97 Å². The molecule has 3 rings (SSSR count). The second kappa shape index (κ2) is 4.55. The molecule has 0 aromatic heterocycles. The lowest BCUT2D eigenvalue weighted by Gasteiger charge is -2.39. The summed E-state index contributed by atoms with van der Waals surface area (Å²) >= 11 is 0. The molecule has 0 amide bonds. The summed E-state index contributed by atoms with van der Waals surface area (Å²) in [4.78, 5) is 11.7. The van der Waals surface area contributed by atoms with E-state index in [-0.39, 0.29) is 0 Å². The van der Waals surface area contributed by atoms with Crippen LogP contribution < -0.4 is 4.74 Å². The maximum absolute atomic E-state index is 11.7. The van der Waals surface area contributed by atoms with E-state index in [0.29, 0.717) is 5.92 Å². The Morgan fingerprint density at radius 1 is 1.32 bits per heavy atom. The Kier molecular flexibility index (Phi) is 3.00. The molecule has 0 radical (unpaired) electrons. The van der Waals surface area contributed by atoms with Gasteiger partial charge in [0.1, 0.15) is 5.75 Å². The minimum absolute atomic E-state index is 0.621. The van der Waals surface area contributed by atoms with Crippen molar-refractivity contribution in [3.63, 3.8) is 0 Å². The number of carbonyl (C=O) groups is 1. The molecule has 3 heteroatoms. The molecule has 2 aliphatic rings. The van der Waals surface area contributed by atoms with Gasteiger partial charge in [0.05, 0.1) is 12.5 Å². The fourth-order valence-electron chi connectivity index (χ4n) is 3.22. The summed E-state index contributed by atoms with van der Waals surface area (Å²) < 4.78 is 5.40. The van der Waals surface area contributed by atoms with Crippen LogP contribution >= 0.6 is 0 Å². The maximum atomic E-state index is 11.7. The van der Waals surface area contributed by atoms with Gasteiger partial charge in [0.15, 0.2) is 0 Å². The van der Waals surface area contributed by atoms with E-state index in [2.05, 4.69) is 12.1 Å². The van der Waals surface area contributed by atoms with Crippen LogP contribution in [0, 0.1) is 0 Å². The van der Waals surface area contributed by atoms with Gasteiger partial charge < -0.3 is 9.84 Å². The topological polar surface area (TPSA) is 46.5 Å². The molecule has 3 nitrogen and oxygen atoms in total. The third-order valence-corrected chi connectivity index (χ3v) is 4.93. The van der Waals surface area contributed by atoms with Crippen LogP contribution in [-0.4, -0.2) is 18.2 Å². The van der Waals surface area contributed by atoms with Gasteiger partial charge >= 0.3 is 5.97 Å². The van der Waals surface area contributed by atoms with Crippen molar-refractivity contribution in [1.82, 2.24) is 0 Å². The average Bonchev–Trinajstić information content (AvgIpc) is 2.25. The lowest BCUT2D eigenvalue weighted by molar-refractivity contribution is -0.147. The molecular weight excluding hydrogens is 240 g/mol. The van der Waals surface area contributed by atoms with Crippen molar-refractivity contribution in [2.45, 2.75) is 49.9 Å². The number of ether oxygens (including phenoxy) is 1. The highest BCUT2D eigenvalue weighted by Gasteiger charge is 2.48. The molecule has 1 aromatic carbocycles. The van der Waals surface area contributed by atoms with Gasteiger partial charge in [0, 0.05) is 5.56 Å². The second-order valence-corrected chi connectivity index (χ2v) is 5.83. The Hall–Kier alpha value is -1.51. The number of benzene rings is 1. The van der Waals surface area contributed by atoms with Crippen LogP contribution in [0.5, 0.6) is 5.75 Å². The van der Waals surface area contributed by atoms with Crippen molar-refractivity contribution in [3.8, 4) is 5.75 Å². The van der Waals surface area contributed by atoms with Gasteiger partial charge in [-0.05, 0) is 43.2 Å².